The van der Waals surface area contributed by atoms with Crippen molar-refractivity contribution in [3.05, 3.63) is 0 Å². The summed E-state index contributed by atoms with van der Waals surface area (Å²) in [6, 6.07) is 0. The molecule has 4 nitrogen and oxygen atoms in total. The SMILES string of the molecule is COC1COC(C)(C)OC1.O=CCl. The van der Waals surface area contributed by atoms with E-state index in [0.29, 0.717) is 13.2 Å². The molecule has 0 radical (unpaired) electrons. The summed E-state index contributed by atoms with van der Waals surface area (Å²) in [5.41, 5.74) is 0. The monoisotopic (exact) mass is 210 g/mol. The van der Waals surface area contributed by atoms with Gasteiger partial charge in [-0.3, -0.25) is 4.79 Å². The molecule has 1 fully saturated rings. The van der Waals surface area contributed by atoms with Crippen molar-refractivity contribution in [2.24, 2.45) is 0 Å². The predicted molar refractivity (Wildman–Crippen MR) is 49.4 cm³/mol. The fourth-order valence-corrected chi connectivity index (χ4v) is 0.813. The zero-order valence-electron chi connectivity index (χ0n) is 8.08. The van der Waals surface area contributed by atoms with Crippen LogP contribution in [0.2, 0.25) is 0 Å². The Morgan fingerprint density at radius 3 is 2.15 bits per heavy atom. The van der Waals surface area contributed by atoms with Crippen molar-refractivity contribution in [3.8, 4) is 0 Å². The molecule has 0 aromatic rings. The normalized spacial score (nSPS) is 21.5. The predicted octanol–water partition coefficient (Wildman–Crippen LogP) is 1.20. The summed E-state index contributed by atoms with van der Waals surface area (Å²) in [4.78, 5) is 8.57. The number of halogens is 1. The van der Waals surface area contributed by atoms with Gasteiger partial charge in [-0.05, 0) is 25.4 Å². The van der Waals surface area contributed by atoms with Gasteiger partial charge in [0.15, 0.2) is 5.79 Å². The van der Waals surface area contributed by atoms with E-state index in [1.54, 1.807) is 7.11 Å². The van der Waals surface area contributed by atoms with E-state index in [4.69, 9.17) is 19.0 Å². The van der Waals surface area contributed by atoms with Crippen LogP contribution in [0.25, 0.3) is 0 Å². The van der Waals surface area contributed by atoms with E-state index >= 15 is 0 Å². The molecule has 0 aromatic carbocycles. The molecule has 0 unspecified atom stereocenters. The van der Waals surface area contributed by atoms with Gasteiger partial charge in [-0.1, -0.05) is 0 Å². The van der Waals surface area contributed by atoms with E-state index < -0.39 is 5.79 Å². The van der Waals surface area contributed by atoms with Crippen LogP contribution < -0.4 is 0 Å². The van der Waals surface area contributed by atoms with Crippen molar-refractivity contribution in [2.45, 2.75) is 25.7 Å². The van der Waals surface area contributed by atoms with Crippen LogP contribution in [0.1, 0.15) is 13.8 Å². The first kappa shape index (κ1) is 12.8. The second-order valence-electron chi connectivity index (χ2n) is 2.97. The highest BCUT2D eigenvalue weighted by molar-refractivity contribution is 6.54. The van der Waals surface area contributed by atoms with Gasteiger partial charge in [0.1, 0.15) is 6.10 Å². The molecule has 1 rings (SSSR count). The summed E-state index contributed by atoms with van der Waals surface area (Å²) in [6.07, 6.45) is 0.105. The first-order valence-electron chi connectivity index (χ1n) is 3.90. The van der Waals surface area contributed by atoms with Crippen molar-refractivity contribution in [2.75, 3.05) is 20.3 Å². The second kappa shape index (κ2) is 6.32. The number of rotatable bonds is 1. The topological polar surface area (TPSA) is 44.8 Å². The number of ether oxygens (including phenoxy) is 3. The van der Waals surface area contributed by atoms with Crippen molar-refractivity contribution in [3.63, 3.8) is 0 Å². The number of methoxy groups -OCH3 is 1. The maximum Gasteiger partial charge on any atom is 0.208 e. The molecule has 0 aliphatic carbocycles. The largest absolute Gasteiger partial charge is 0.377 e. The number of carbonyl (C=O) groups excluding carboxylic acids is 1. The average Bonchev–Trinajstić information content (AvgIpc) is 2.06. The van der Waals surface area contributed by atoms with Gasteiger partial charge in [0.25, 0.3) is 0 Å². The molecule has 0 amide bonds. The Kier molecular flexibility index (Phi) is 6.24. The van der Waals surface area contributed by atoms with E-state index in [0.717, 1.165) is 0 Å². The van der Waals surface area contributed by atoms with Gasteiger partial charge in [-0.15, -0.1) is 0 Å². The lowest BCUT2D eigenvalue weighted by Gasteiger charge is -2.34. The van der Waals surface area contributed by atoms with Crippen LogP contribution in [0, 0.1) is 0 Å². The summed E-state index contributed by atoms with van der Waals surface area (Å²) >= 11 is 4.32. The van der Waals surface area contributed by atoms with E-state index in [1.807, 2.05) is 13.8 Å². The Bertz CT molecular complexity index is 139. The first-order valence-corrected chi connectivity index (χ1v) is 4.34. The Morgan fingerprint density at radius 2 is 1.85 bits per heavy atom. The zero-order chi connectivity index (χ0) is 10.3. The molecule has 0 N–H and O–H groups in total. The third-order valence-corrected chi connectivity index (χ3v) is 1.57. The maximum absolute atomic E-state index is 8.57. The molecule has 13 heavy (non-hydrogen) atoms. The Morgan fingerprint density at radius 1 is 1.46 bits per heavy atom. The Hall–Kier alpha value is -0.160. The molecule has 0 saturated carbocycles. The summed E-state index contributed by atoms with van der Waals surface area (Å²) < 4.78 is 15.7. The van der Waals surface area contributed by atoms with Crippen LogP contribution in [0.5, 0.6) is 0 Å². The first-order chi connectivity index (χ1) is 6.05. The standard InChI is InChI=1S/C7H14O3.CHClO/c1-7(2)9-4-6(8-3)5-10-7;2-1-3/h6H,4-5H2,1-3H3;1H. The lowest BCUT2D eigenvalue weighted by Crippen LogP contribution is -2.42. The smallest absolute Gasteiger partial charge is 0.208 e. The Labute approximate surface area is 83.1 Å². The maximum atomic E-state index is 8.57. The lowest BCUT2D eigenvalue weighted by atomic mass is 10.3. The van der Waals surface area contributed by atoms with Crippen LogP contribution in [-0.2, 0) is 19.0 Å². The van der Waals surface area contributed by atoms with Gasteiger partial charge in [0.05, 0.1) is 13.2 Å². The summed E-state index contributed by atoms with van der Waals surface area (Å²) in [5.74, 6) is -0.199. The van der Waals surface area contributed by atoms with Crippen LogP contribution in [0.4, 0.5) is 0 Å². The minimum Gasteiger partial charge on any atom is -0.377 e. The van der Waals surface area contributed by atoms with E-state index in [-0.39, 0.29) is 11.8 Å². The van der Waals surface area contributed by atoms with E-state index in [2.05, 4.69) is 11.6 Å². The van der Waals surface area contributed by atoms with Crippen molar-refractivity contribution < 1.29 is 19.0 Å². The van der Waals surface area contributed by atoms with Crippen LogP contribution in [-0.4, -0.2) is 38.0 Å². The Balaban J connectivity index is 0.000000424. The number of hydrogen-bond acceptors (Lipinski definition) is 4. The molecule has 1 aliphatic heterocycles. The van der Waals surface area contributed by atoms with Gasteiger partial charge in [0, 0.05) is 7.11 Å². The quantitative estimate of drug-likeness (QED) is 0.482. The fourth-order valence-electron chi connectivity index (χ4n) is 0.813. The lowest BCUT2D eigenvalue weighted by molar-refractivity contribution is -0.276. The summed E-state index contributed by atoms with van der Waals surface area (Å²) in [5, 5.41) is 0. The molecule has 1 aliphatic rings. The van der Waals surface area contributed by atoms with Crippen LogP contribution in [0.3, 0.4) is 0 Å². The van der Waals surface area contributed by atoms with Crippen LogP contribution in [0.15, 0.2) is 0 Å². The number of hydrogen-bond donors (Lipinski definition) is 0. The van der Waals surface area contributed by atoms with Crippen LogP contribution >= 0.6 is 11.6 Å². The highest BCUT2D eigenvalue weighted by atomic mass is 35.5. The average molecular weight is 211 g/mol. The molecular weight excluding hydrogens is 196 g/mol. The third-order valence-electron chi connectivity index (χ3n) is 1.57. The molecule has 78 valence electrons. The van der Waals surface area contributed by atoms with E-state index in [9.17, 15) is 0 Å². The highest BCUT2D eigenvalue weighted by Crippen LogP contribution is 2.17. The zero-order valence-corrected chi connectivity index (χ0v) is 8.84. The minimum absolute atomic E-state index is 0.105. The second-order valence-corrected chi connectivity index (χ2v) is 3.15. The molecule has 1 saturated heterocycles. The minimum atomic E-state index is -0.422. The van der Waals surface area contributed by atoms with Crippen molar-refractivity contribution in [1.29, 1.82) is 0 Å². The highest BCUT2D eigenvalue weighted by Gasteiger charge is 2.27. The van der Waals surface area contributed by atoms with Crippen molar-refractivity contribution >= 4 is 17.3 Å². The van der Waals surface area contributed by atoms with Crippen molar-refractivity contribution in [1.82, 2.24) is 0 Å². The molecule has 0 bridgehead atoms. The van der Waals surface area contributed by atoms with Gasteiger partial charge < -0.3 is 14.2 Å². The van der Waals surface area contributed by atoms with Gasteiger partial charge in [0.2, 0.25) is 5.75 Å². The third kappa shape index (κ3) is 5.99. The summed E-state index contributed by atoms with van der Waals surface area (Å²) in [7, 11) is 1.66. The van der Waals surface area contributed by atoms with Gasteiger partial charge in [-0.2, -0.15) is 0 Å². The molecule has 0 spiro atoms. The molecule has 0 aromatic heterocycles. The van der Waals surface area contributed by atoms with Gasteiger partial charge in [-0.25, -0.2) is 0 Å². The fraction of sp³-hybridized carbons (Fsp3) is 0.875. The summed E-state index contributed by atoms with van der Waals surface area (Å²) in [6.45, 7) is 5.06. The number of carbonyl (C=O) groups is 1. The molecule has 1 heterocycles. The van der Waals surface area contributed by atoms with Gasteiger partial charge >= 0.3 is 0 Å². The molecule has 0 atom stereocenters. The molecule has 5 heteroatoms. The molecular formula is C8H15ClO4. The van der Waals surface area contributed by atoms with E-state index in [1.165, 1.54) is 0 Å².